The van der Waals surface area contributed by atoms with Crippen LogP contribution in [0.4, 0.5) is 5.69 Å². The van der Waals surface area contributed by atoms with Crippen LogP contribution in [-0.4, -0.2) is 13.7 Å². The van der Waals surface area contributed by atoms with Crippen LogP contribution in [0.25, 0.3) is 0 Å². The highest BCUT2D eigenvalue weighted by atomic mass is 16.5. The van der Waals surface area contributed by atoms with Crippen molar-refractivity contribution in [1.82, 2.24) is 0 Å². The zero-order valence-corrected chi connectivity index (χ0v) is 9.92. The molecular weight excluding hydrogens is 186 g/mol. The van der Waals surface area contributed by atoms with E-state index in [-0.39, 0.29) is 0 Å². The average Bonchev–Trinajstić information content (AvgIpc) is 2.24. The molecule has 2 unspecified atom stereocenters. The summed E-state index contributed by atoms with van der Waals surface area (Å²) in [5.74, 6) is 2.26. The van der Waals surface area contributed by atoms with Gasteiger partial charge in [0.2, 0.25) is 0 Å². The second-order valence-electron chi connectivity index (χ2n) is 4.52. The van der Waals surface area contributed by atoms with E-state index < -0.39 is 0 Å². The summed E-state index contributed by atoms with van der Waals surface area (Å²) < 4.78 is 5.39. The number of ether oxygens (including phenoxy) is 1. The molecule has 2 heteroatoms. The molecule has 82 valence electrons. The Morgan fingerprint density at radius 2 is 2.07 bits per heavy atom. The minimum absolute atomic E-state index is 0.608. The minimum atomic E-state index is 0.608. The van der Waals surface area contributed by atoms with Gasteiger partial charge < -0.3 is 10.1 Å². The molecule has 0 fully saturated rings. The summed E-state index contributed by atoms with van der Waals surface area (Å²) in [6.07, 6.45) is 0. The van der Waals surface area contributed by atoms with Crippen molar-refractivity contribution in [2.24, 2.45) is 5.92 Å². The molecule has 0 aromatic heterocycles. The van der Waals surface area contributed by atoms with Gasteiger partial charge in [-0.15, -0.1) is 0 Å². The first-order valence-corrected chi connectivity index (χ1v) is 5.56. The van der Waals surface area contributed by atoms with E-state index in [9.17, 15) is 0 Å². The summed E-state index contributed by atoms with van der Waals surface area (Å²) >= 11 is 0. The van der Waals surface area contributed by atoms with Gasteiger partial charge in [0.15, 0.2) is 0 Å². The van der Waals surface area contributed by atoms with Crippen LogP contribution in [0.3, 0.4) is 0 Å². The number of benzene rings is 1. The van der Waals surface area contributed by atoms with E-state index >= 15 is 0 Å². The van der Waals surface area contributed by atoms with Crippen LogP contribution < -0.4 is 10.1 Å². The quantitative estimate of drug-likeness (QED) is 0.760. The van der Waals surface area contributed by atoms with E-state index in [1.54, 1.807) is 7.11 Å². The van der Waals surface area contributed by atoms with Gasteiger partial charge in [-0.25, -0.2) is 0 Å². The topological polar surface area (TPSA) is 21.3 Å². The van der Waals surface area contributed by atoms with Gasteiger partial charge in [0.1, 0.15) is 5.75 Å². The van der Waals surface area contributed by atoms with Gasteiger partial charge in [-0.05, 0) is 36.0 Å². The number of hydrogen-bond donors (Lipinski definition) is 1. The van der Waals surface area contributed by atoms with Crippen LogP contribution in [0.5, 0.6) is 5.75 Å². The van der Waals surface area contributed by atoms with Crippen LogP contribution in [0, 0.1) is 12.8 Å². The van der Waals surface area contributed by atoms with Gasteiger partial charge >= 0.3 is 0 Å². The van der Waals surface area contributed by atoms with Crippen molar-refractivity contribution < 1.29 is 4.74 Å². The molecule has 15 heavy (non-hydrogen) atoms. The lowest BCUT2D eigenvalue weighted by Crippen LogP contribution is -2.25. The maximum absolute atomic E-state index is 5.39. The summed E-state index contributed by atoms with van der Waals surface area (Å²) in [5.41, 5.74) is 3.98. The predicted octanol–water partition coefficient (Wildman–Crippen LogP) is 3.17. The molecule has 1 heterocycles. The Morgan fingerprint density at radius 1 is 1.33 bits per heavy atom. The summed E-state index contributed by atoms with van der Waals surface area (Å²) in [6.45, 7) is 7.80. The van der Waals surface area contributed by atoms with Crippen molar-refractivity contribution in [2.75, 3.05) is 19.0 Å². The molecule has 0 spiro atoms. The van der Waals surface area contributed by atoms with Gasteiger partial charge in [-0.1, -0.05) is 19.9 Å². The third kappa shape index (κ3) is 1.58. The second kappa shape index (κ2) is 3.76. The molecule has 1 N–H and O–H groups in total. The zero-order chi connectivity index (χ0) is 11.0. The Labute approximate surface area is 91.6 Å². The third-order valence-corrected chi connectivity index (χ3v) is 3.55. The van der Waals surface area contributed by atoms with E-state index in [4.69, 9.17) is 4.74 Å². The SMILES string of the molecule is COc1ccc(C)c2c1NCC(C)C2C. The van der Waals surface area contributed by atoms with Crippen LogP contribution in [0.1, 0.15) is 30.9 Å². The van der Waals surface area contributed by atoms with Crippen molar-refractivity contribution in [3.8, 4) is 5.75 Å². The highest BCUT2D eigenvalue weighted by molar-refractivity contribution is 5.67. The fourth-order valence-corrected chi connectivity index (χ4v) is 2.37. The van der Waals surface area contributed by atoms with E-state index in [0.29, 0.717) is 11.8 Å². The maximum Gasteiger partial charge on any atom is 0.142 e. The monoisotopic (exact) mass is 205 g/mol. The lowest BCUT2D eigenvalue weighted by molar-refractivity contribution is 0.410. The fourth-order valence-electron chi connectivity index (χ4n) is 2.37. The molecule has 0 saturated carbocycles. The normalized spacial score (nSPS) is 24.3. The molecule has 0 saturated heterocycles. The number of hydrogen-bond acceptors (Lipinski definition) is 2. The number of rotatable bonds is 1. The van der Waals surface area contributed by atoms with Gasteiger partial charge in [-0.3, -0.25) is 0 Å². The van der Waals surface area contributed by atoms with Crippen LogP contribution in [0.15, 0.2) is 12.1 Å². The Morgan fingerprint density at radius 3 is 2.73 bits per heavy atom. The second-order valence-corrected chi connectivity index (χ2v) is 4.52. The lowest BCUT2D eigenvalue weighted by atomic mass is 9.82. The van der Waals surface area contributed by atoms with Crippen molar-refractivity contribution in [3.05, 3.63) is 23.3 Å². The highest BCUT2D eigenvalue weighted by Gasteiger charge is 2.26. The Kier molecular flexibility index (Phi) is 2.59. The van der Waals surface area contributed by atoms with Crippen molar-refractivity contribution in [3.63, 3.8) is 0 Å². The smallest absolute Gasteiger partial charge is 0.142 e. The van der Waals surface area contributed by atoms with E-state index in [1.165, 1.54) is 16.8 Å². The Bertz CT molecular complexity index is 373. The van der Waals surface area contributed by atoms with Crippen LogP contribution in [-0.2, 0) is 0 Å². The van der Waals surface area contributed by atoms with Crippen molar-refractivity contribution in [1.29, 1.82) is 0 Å². The Hall–Kier alpha value is -1.18. The molecular formula is C13H19NO. The van der Waals surface area contributed by atoms with Gasteiger partial charge in [0.25, 0.3) is 0 Å². The molecule has 0 aliphatic carbocycles. The number of nitrogens with one attached hydrogen (secondary N) is 1. The van der Waals surface area contributed by atoms with Crippen LogP contribution in [0.2, 0.25) is 0 Å². The van der Waals surface area contributed by atoms with E-state index in [0.717, 1.165) is 12.3 Å². The minimum Gasteiger partial charge on any atom is -0.495 e. The van der Waals surface area contributed by atoms with E-state index in [2.05, 4.69) is 32.2 Å². The molecule has 1 aromatic carbocycles. The summed E-state index contributed by atoms with van der Waals surface area (Å²) in [6, 6.07) is 4.19. The summed E-state index contributed by atoms with van der Waals surface area (Å²) in [7, 11) is 1.73. The van der Waals surface area contributed by atoms with Crippen molar-refractivity contribution in [2.45, 2.75) is 26.7 Å². The Balaban J connectivity index is 2.56. The molecule has 0 bridgehead atoms. The molecule has 1 aliphatic heterocycles. The molecule has 2 rings (SSSR count). The standard InChI is InChI=1S/C13H19NO/c1-8-5-6-11(15-4)13-12(8)10(3)9(2)7-14-13/h5-6,9-10,14H,7H2,1-4H3. The molecule has 1 aromatic rings. The molecule has 0 amide bonds. The maximum atomic E-state index is 5.39. The number of aryl methyl sites for hydroxylation is 1. The van der Waals surface area contributed by atoms with Gasteiger partial charge in [0.05, 0.1) is 12.8 Å². The molecule has 2 atom stereocenters. The highest BCUT2D eigenvalue weighted by Crippen LogP contribution is 2.41. The molecule has 1 aliphatic rings. The van der Waals surface area contributed by atoms with Crippen molar-refractivity contribution >= 4 is 5.69 Å². The summed E-state index contributed by atoms with van der Waals surface area (Å²) in [4.78, 5) is 0. The summed E-state index contributed by atoms with van der Waals surface area (Å²) in [5, 5.41) is 3.48. The number of methoxy groups -OCH3 is 1. The first-order valence-electron chi connectivity index (χ1n) is 5.56. The van der Waals surface area contributed by atoms with Gasteiger partial charge in [-0.2, -0.15) is 0 Å². The number of anilines is 1. The number of fused-ring (bicyclic) bond motifs is 1. The molecule has 2 nitrogen and oxygen atoms in total. The zero-order valence-electron chi connectivity index (χ0n) is 9.92. The third-order valence-electron chi connectivity index (χ3n) is 3.55. The fraction of sp³-hybridized carbons (Fsp3) is 0.538. The lowest BCUT2D eigenvalue weighted by Gasteiger charge is -2.32. The largest absolute Gasteiger partial charge is 0.495 e. The molecule has 0 radical (unpaired) electrons. The first kappa shape index (κ1) is 10.3. The average molecular weight is 205 g/mol. The van der Waals surface area contributed by atoms with Gasteiger partial charge in [0, 0.05) is 6.54 Å². The first-order chi connectivity index (χ1) is 7.15. The van der Waals surface area contributed by atoms with Crippen LogP contribution >= 0.6 is 0 Å². The predicted molar refractivity (Wildman–Crippen MR) is 63.8 cm³/mol. The van der Waals surface area contributed by atoms with E-state index in [1.807, 2.05) is 6.07 Å².